The molecule has 2 aliphatic rings. The van der Waals surface area contributed by atoms with Gasteiger partial charge in [0.1, 0.15) is 5.75 Å². The summed E-state index contributed by atoms with van der Waals surface area (Å²) < 4.78 is 5.21. The maximum atomic E-state index is 13.4. The molecule has 2 aliphatic heterocycles. The predicted molar refractivity (Wildman–Crippen MR) is 160 cm³/mol. The van der Waals surface area contributed by atoms with E-state index in [1.165, 1.54) is 5.56 Å². The lowest BCUT2D eigenvalue weighted by atomic mass is 9.73. The Kier molecular flexibility index (Phi) is 8.91. The first-order chi connectivity index (χ1) is 19.8. The molecule has 3 aromatic rings. The standard InChI is InChI=1S/C33H38N4O4/c1-35(2)19-28-32(25-13-11-24(12-14-25)10-9-23-7-5-4-6-8-23)29-20-36(21-30(38)31(39)22-37(28)29)33(40)34-26-15-17-27(41-3)18-16-26/h4-8,11-18,28-32,38-39H,19-22H2,1-3H3,(H,34,40)/t28?,29?,30?,31-,32?/m0/s1. The smallest absolute Gasteiger partial charge is 0.321 e. The van der Waals surface area contributed by atoms with Gasteiger partial charge in [0.05, 0.1) is 25.9 Å². The molecule has 0 bridgehead atoms. The first-order valence-corrected chi connectivity index (χ1v) is 14.0. The van der Waals surface area contributed by atoms with Crippen molar-refractivity contribution in [1.82, 2.24) is 14.7 Å². The van der Waals surface area contributed by atoms with Gasteiger partial charge in [-0.15, -0.1) is 0 Å². The summed E-state index contributed by atoms with van der Waals surface area (Å²) in [5, 5.41) is 24.5. The van der Waals surface area contributed by atoms with Crippen molar-refractivity contribution < 1.29 is 19.7 Å². The summed E-state index contributed by atoms with van der Waals surface area (Å²) in [4.78, 5) is 19.4. The monoisotopic (exact) mass is 554 g/mol. The van der Waals surface area contributed by atoms with Gasteiger partial charge < -0.3 is 30.1 Å². The second-order valence-electron chi connectivity index (χ2n) is 11.1. The van der Waals surface area contributed by atoms with Crippen molar-refractivity contribution in [1.29, 1.82) is 0 Å². The van der Waals surface area contributed by atoms with Crippen molar-refractivity contribution in [3.63, 3.8) is 0 Å². The molecule has 214 valence electrons. The highest BCUT2D eigenvalue weighted by Gasteiger charge is 2.51. The molecule has 0 spiro atoms. The lowest BCUT2D eigenvalue weighted by Gasteiger charge is -2.59. The number of carbonyl (C=O) groups is 1. The van der Waals surface area contributed by atoms with Crippen LogP contribution in [0.4, 0.5) is 10.5 Å². The number of carbonyl (C=O) groups excluding carboxylic acids is 1. The molecule has 8 heteroatoms. The zero-order valence-electron chi connectivity index (χ0n) is 23.8. The molecule has 41 heavy (non-hydrogen) atoms. The third kappa shape index (κ3) is 6.72. The van der Waals surface area contributed by atoms with Crippen molar-refractivity contribution in [3.05, 3.63) is 95.6 Å². The largest absolute Gasteiger partial charge is 0.497 e. The van der Waals surface area contributed by atoms with Crippen LogP contribution in [0, 0.1) is 11.8 Å². The Morgan fingerprint density at radius 1 is 0.902 bits per heavy atom. The number of amides is 2. The highest BCUT2D eigenvalue weighted by Crippen LogP contribution is 2.42. The third-order valence-electron chi connectivity index (χ3n) is 7.94. The fraction of sp³-hybridized carbons (Fsp3) is 0.364. The van der Waals surface area contributed by atoms with Gasteiger partial charge in [-0.2, -0.15) is 0 Å². The van der Waals surface area contributed by atoms with Gasteiger partial charge in [-0.3, -0.25) is 4.90 Å². The van der Waals surface area contributed by atoms with E-state index in [2.05, 4.69) is 51.2 Å². The van der Waals surface area contributed by atoms with Crippen LogP contribution in [0.1, 0.15) is 22.6 Å². The molecule has 2 heterocycles. The Morgan fingerprint density at radius 3 is 2.17 bits per heavy atom. The second kappa shape index (κ2) is 12.8. The highest BCUT2D eigenvalue weighted by molar-refractivity contribution is 5.89. The maximum absolute atomic E-state index is 13.4. The molecule has 0 saturated carbocycles. The van der Waals surface area contributed by atoms with Crippen molar-refractivity contribution in [2.75, 3.05) is 52.7 Å². The summed E-state index contributed by atoms with van der Waals surface area (Å²) in [6.45, 7) is 1.62. The second-order valence-corrected chi connectivity index (χ2v) is 11.1. The number of hydrogen-bond acceptors (Lipinski definition) is 6. The molecule has 2 amide bonds. The van der Waals surface area contributed by atoms with Crippen LogP contribution in [0.3, 0.4) is 0 Å². The summed E-state index contributed by atoms with van der Waals surface area (Å²) in [5.41, 5.74) is 3.72. The highest BCUT2D eigenvalue weighted by atomic mass is 16.5. The zero-order valence-corrected chi connectivity index (χ0v) is 23.8. The van der Waals surface area contributed by atoms with Gasteiger partial charge >= 0.3 is 6.03 Å². The van der Waals surface area contributed by atoms with E-state index in [0.717, 1.165) is 17.7 Å². The lowest BCUT2D eigenvalue weighted by Crippen LogP contribution is -2.71. The minimum absolute atomic E-state index is 0.00929. The minimum atomic E-state index is -1.04. The molecule has 2 saturated heterocycles. The number of urea groups is 1. The number of benzene rings is 3. The quantitative estimate of drug-likeness (QED) is 0.421. The van der Waals surface area contributed by atoms with Crippen molar-refractivity contribution in [2.45, 2.75) is 30.2 Å². The summed E-state index contributed by atoms with van der Waals surface area (Å²) >= 11 is 0. The van der Waals surface area contributed by atoms with Gasteiger partial charge in [-0.25, -0.2) is 4.79 Å². The molecule has 4 unspecified atom stereocenters. The number of nitrogens with zero attached hydrogens (tertiary/aromatic N) is 3. The average Bonchev–Trinajstić information content (AvgIpc) is 2.98. The van der Waals surface area contributed by atoms with Crippen molar-refractivity contribution in [2.24, 2.45) is 0 Å². The molecule has 0 aromatic heterocycles. The SMILES string of the molecule is COc1ccc(NC(=O)N2CC(O)[C@@H](O)CN3C(CN(C)C)C(c4ccc(C#Cc5ccccc5)cc4)C3C2)cc1. The van der Waals surface area contributed by atoms with Gasteiger partial charge in [0.25, 0.3) is 0 Å². The van der Waals surface area contributed by atoms with Crippen LogP contribution in [0.15, 0.2) is 78.9 Å². The van der Waals surface area contributed by atoms with E-state index in [9.17, 15) is 15.0 Å². The Morgan fingerprint density at radius 2 is 1.54 bits per heavy atom. The van der Waals surface area contributed by atoms with E-state index in [0.29, 0.717) is 24.5 Å². The predicted octanol–water partition coefficient (Wildman–Crippen LogP) is 3.06. The topological polar surface area (TPSA) is 88.5 Å². The number of fused-ring (bicyclic) bond motifs is 1. The molecule has 5 rings (SSSR count). The fourth-order valence-electron chi connectivity index (χ4n) is 5.82. The fourth-order valence-corrected chi connectivity index (χ4v) is 5.82. The molecule has 2 fully saturated rings. The Labute approximate surface area is 242 Å². The minimum Gasteiger partial charge on any atom is -0.497 e. The van der Waals surface area contributed by atoms with E-state index in [1.54, 1.807) is 36.3 Å². The number of ether oxygens (including phenoxy) is 1. The lowest BCUT2D eigenvalue weighted by molar-refractivity contribution is -0.105. The molecular formula is C33H38N4O4. The van der Waals surface area contributed by atoms with Gasteiger partial charge in [0.2, 0.25) is 0 Å². The van der Waals surface area contributed by atoms with E-state index in [-0.39, 0.29) is 30.6 Å². The molecule has 0 aliphatic carbocycles. The van der Waals surface area contributed by atoms with Gasteiger partial charge in [0, 0.05) is 54.5 Å². The van der Waals surface area contributed by atoms with Crippen LogP contribution in [-0.2, 0) is 0 Å². The first kappa shape index (κ1) is 28.7. The number of rotatable bonds is 5. The maximum Gasteiger partial charge on any atom is 0.321 e. The van der Waals surface area contributed by atoms with Crippen LogP contribution in [0.25, 0.3) is 0 Å². The number of nitrogens with one attached hydrogen (secondary N) is 1. The Hall–Kier alpha value is -3.87. The van der Waals surface area contributed by atoms with Crippen LogP contribution in [0.5, 0.6) is 5.75 Å². The van der Waals surface area contributed by atoms with E-state index in [4.69, 9.17) is 4.74 Å². The Bertz CT molecular complexity index is 1370. The normalized spacial score (nSPS) is 24.2. The van der Waals surface area contributed by atoms with Crippen LogP contribution in [-0.4, -0.2) is 103 Å². The van der Waals surface area contributed by atoms with Gasteiger partial charge in [0.15, 0.2) is 0 Å². The molecule has 0 radical (unpaired) electrons. The first-order valence-electron chi connectivity index (χ1n) is 14.0. The third-order valence-corrected chi connectivity index (χ3v) is 7.94. The average molecular weight is 555 g/mol. The number of likely N-dealkylation sites (N-methyl/N-ethyl adjacent to an activating group) is 1. The molecule has 3 N–H and O–H groups in total. The zero-order chi connectivity index (χ0) is 28.9. The number of aliphatic hydroxyl groups is 2. The van der Waals surface area contributed by atoms with E-state index >= 15 is 0 Å². The van der Waals surface area contributed by atoms with E-state index < -0.39 is 12.2 Å². The molecule has 3 aromatic carbocycles. The summed E-state index contributed by atoms with van der Waals surface area (Å²) in [5.74, 6) is 7.30. The van der Waals surface area contributed by atoms with Crippen LogP contribution < -0.4 is 10.1 Å². The molecule has 5 atom stereocenters. The molecular weight excluding hydrogens is 516 g/mol. The number of methoxy groups -OCH3 is 1. The van der Waals surface area contributed by atoms with Crippen LogP contribution >= 0.6 is 0 Å². The molecule has 8 nitrogen and oxygen atoms in total. The number of aliphatic hydroxyl groups excluding tert-OH is 2. The number of anilines is 1. The Balaban J connectivity index is 1.38. The van der Waals surface area contributed by atoms with Crippen LogP contribution in [0.2, 0.25) is 0 Å². The number of β-amino-alcohol motifs (C(OH)–C–C–N with tert-alkyl or cyclic N) is 1. The summed E-state index contributed by atoms with van der Waals surface area (Å²) in [7, 11) is 5.67. The van der Waals surface area contributed by atoms with Crippen molar-refractivity contribution >= 4 is 11.7 Å². The van der Waals surface area contributed by atoms with E-state index in [1.807, 2.05) is 44.4 Å². The summed E-state index contributed by atoms with van der Waals surface area (Å²) in [6, 6.07) is 25.2. The van der Waals surface area contributed by atoms with Crippen molar-refractivity contribution in [3.8, 4) is 17.6 Å². The van der Waals surface area contributed by atoms with Gasteiger partial charge in [-0.1, -0.05) is 42.2 Å². The summed E-state index contributed by atoms with van der Waals surface area (Å²) in [6.07, 6.45) is -2.01. The number of hydrogen-bond donors (Lipinski definition) is 3. The van der Waals surface area contributed by atoms with Gasteiger partial charge in [-0.05, 0) is 68.2 Å².